The predicted molar refractivity (Wildman–Crippen MR) is 98.5 cm³/mol. The van der Waals surface area contributed by atoms with E-state index in [-0.39, 0.29) is 5.56 Å². The average molecular weight is 371 g/mol. The molecule has 134 valence electrons. The number of hydrogen-bond donors (Lipinski definition) is 0. The van der Waals surface area contributed by atoms with Crippen molar-refractivity contribution in [1.82, 2.24) is 4.57 Å². The van der Waals surface area contributed by atoms with E-state index in [4.69, 9.17) is 13.9 Å². The molecule has 7 nitrogen and oxygen atoms in total. The second kappa shape index (κ2) is 6.72. The summed E-state index contributed by atoms with van der Waals surface area (Å²) in [5.41, 5.74) is 0.835. The molecule has 1 aromatic carbocycles. The maximum absolute atomic E-state index is 12.7. The van der Waals surface area contributed by atoms with Gasteiger partial charge in [0.05, 0.1) is 25.0 Å². The van der Waals surface area contributed by atoms with Gasteiger partial charge < -0.3 is 18.8 Å². The Kier molecular flexibility index (Phi) is 4.26. The molecular formula is C18H17N3O4S. The van der Waals surface area contributed by atoms with Gasteiger partial charge in [0.1, 0.15) is 19.1 Å². The van der Waals surface area contributed by atoms with Crippen LogP contribution in [0.3, 0.4) is 0 Å². The Morgan fingerprint density at radius 2 is 2.08 bits per heavy atom. The number of fused-ring (bicyclic) bond motifs is 1. The average Bonchev–Trinajstić information content (AvgIpc) is 3.29. The van der Waals surface area contributed by atoms with Gasteiger partial charge in [-0.05, 0) is 24.3 Å². The van der Waals surface area contributed by atoms with Gasteiger partial charge in [-0.2, -0.15) is 0 Å². The molecular weight excluding hydrogens is 354 g/mol. The van der Waals surface area contributed by atoms with Gasteiger partial charge in [0.2, 0.25) is 0 Å². The van der Waals surface area contributed by atoms with Crippen LogP contribution in [0.25, 0.3) is 6.08 Å². The molecule has 0 fully saturated rings. The number of ether oxygens (including phenoxy) is 2. The summed E-state index contributed by atoms with van der Waals surface area (Å²) in [5, 5.41) is 0. The highest BCUT2D eigenvalue weighted by atomic mass is 32.1. The number of methoxy groups -OCH3 is 2. The monoisotopic (exact) mass is 371 g/mol. The lowest BCUT2D eigenvalue weighted by molar-refractivity contribution is 0.355. The Morgan fingerprint density at radius 1 is 1.23 bits per heavy atom. The minimum Gasteiger partial charge on any atom is -0.493 e. The Bertz CT molecular complexity index is 1100. The molecule has 0 radical (unpaired) electrons. The van der Waals surface area contributed by atoms with E-state index in [2.05, 4.69) is 4.99 Å². The number of rotatable bonds is 4. The van der Waals surface area contributed by atoms with Crippen molar-refractivity contribution in [2.75, 3.05) is 25.8 Å². The lowest BCUT2D eigenvalue weighted by Crippen LogP contribution is -2.42. The van der Waals surface area contributed by atoms with Crippen LogP contribution in [0.2, 0.25) is 0 Å². The fourth-order valence-electron chi connectivity index (χ4n) is 2.80. The van der Waals surface area contributed by atoms with Gasteiger partial charge in [-0.25, -0.2) is 4.99 Å². The maximum atomic E-state index is 12.7. The third-order valence-electron chi connectivity index (χ3n) is 4.13. The summed E-state index contributed by atoms with van der Waals surface area (Å²) in [4.78, 5) is 20.0. The van der Waals surface area contributed by atoms with Gasteiger partial charge in [-0.1, -0.05) is 11.3 Å². The third-order valence-corrected chi connectivity index (χ3v) is 5.17. The molecule has 4 rings (SSSR count). The second-order valence-electron chi connectivity index (χ2n) is 5.66. The minimum absolute atomic E-state index is 0.0738. The Labute approximate surface area is 153 Å². The molecule has 0 spiro atoms. The van der Waals surface area contributed by atoms with E-state index in [0.29, 0.717) is 39.9 Å². The quantitative estimate of drug-likeness (QED) is 0.694. The van der Waals surface area contributed by atoms with Gasteiger partial charge in [0, 0.05) is 17.8 Å². The van der Waals surface area contributed by atoms with E-state index in [0.717, 1.165) is 5.69 Å². The molecule has 8 heteroatoms. The van der Waals surface area contributed by atoms with E-state index in [1.54, 1.807) is 37.2 Å². The van der Waals surface area contributed by atoms with Gasteiger partial charge >= 0.3 is 0 Å². The number of furan rings is 1. The van der Waals surface area contributed by atoms with Crippen LogP contribution in [0.15, 0.2) is 50.8 Å². The molecule has 0 unspecified atom stereocenters. The lowest BCUT2D eigenvalue weighted by Gasteiger charge is -2.26. The lowest BCUT2D eigenvalue weighted by atomic mass is 10.2. The van der Waals surface area contributed by atoms with Gasteiger partial charge in [0.15, 0.2) is 16.3 Å². The van der Waals surface area contributed by atoms with E-state index in [1.807, 2.05) is 29.2 Å². The predicted octanol–water partition coefficient (Wildman–Crippen LogP) is 1.40. The first-order chi connectivity index (χ1) is 12.7. The summed E-state index contributed by atoms with van der Waals surface area (Å²) >= 11 is 1.37. The summed E-state index contributed by atoms with van der Waals surface area (Å²) in [6.45, 7) is 0.894. The molecule has 0 saturated heterocycles. The summed E-state index contributed by atoms with van der Waals surface area (Å²) in [6, 6.07) is 9.26. The molecule has 26 heavy (non-hydrogen) atoms. The van der Waals surface area contributed by atoms with E-state index >= 15 is 0 Å². The van der Waals surface area contributed by atoms with E-state index in [1.165, 1.54) is 11.3 Å². The highest BCUT2D eigenvalue weighted by Crippen LogP contribution is 2.31. The van der Waals surface area contributed by atoms with Crippen LogP contribution in [-0.4, -0.2) is 25.5 Å². The summed E-state index contributed by atoms with van der Waals surface area (Å²) in [6.07, 6.45) is 3.33. The molecule has 3 aromatic rings. The van der Waals surface area contributed by atoms with Crippen molar-refractivity contribution in [3.05, 3.63) is 62.0 Å². The van der Waals surface area contributed by atoms with Gasteiger partial charge in [-0.15, -0.1) is 0 Å². The molecule has 0 N–H and O–H groups in total. The SMILES string of the molecule is COc1ccc(N2CN=c3sc(=Cc4ccco4)c(=O)n3C2)cc1OC. The summed E-state index contributed by atoms with van der Waals surface area (Å²) < 4.78 is 18.2. The largest absolute Gasteiger partial charge is 0.493 e. The zero-order valence-corrected chi connectivity index (χ0v) is 15.2. The van der Waals surface area contributed by atoms with Crippen LogP contribution in [0.4, 0.5) is 5.69 Å². The van der Waals surface area contributed by atoms with Crippen molar-refractivity contribution >= 4 is 23.1 Å². The minimum atomic E-state index is -0.0738. The van der Waals surface area contributed by atoms with Crippen LogP contribution < -0.4 is 29.3 Å². The third kappa shape index (κ3) is 2.88. The standard InChI is InChI=1S/C18H17N3O4S/c1-23-14-6-5-12(8-15(14)24-2)20-10-19-18-21(11-20)17(22)16(26-18)9-13-4-3-7-25-13/h3-9H,10-11H2,1-2H3. The first-order valence-electron chi connectivity index (χ1n) is 7.96. The molecule has 1 aliphatic rings. The number of anilines is 1. The Morgan fingerprint density at radius 3 is 2.81 bits per heavy atom. The van der Waals surface area contributed by atoms with Crippen LogP contribution in [0, 0.1) is 0 Å². The number of nitrogens with zero attached hydrogens (tertiary/aromatic N) is 3. The molecule has 0 atom stereocenters. The number of thiazole rings is 1. The highest BCUT2D eigenvalue weighted by Gasteiger charge is 2.17. The zero-order chi connectivity index (χ0) is 18.1. The van der Waals surface area contributed by atoms with Crippen LogP contribution >= 0.6 is 11.3 Å². The molecule has 3 heterocycles. The summed E-state index contributed by atoms with van der Waals surface area (Å²) in [5.74, 6) is 1.95. The van der Waals surface area contributed by atoms with E-state index < -0.39 is 0 Å². The van der Waals surface area contributed by atoms with Crippen molar-refractivity contribution in [2.45, 2.75) is 6.67 Å². The Hall–Kier alpha value is -3.00. The second-order valence-corrected chi connectivity index (χ2v) is 6.67. The van der Waals surface area contributed by atoms with Crippen molar-refractivity contribution in [3.8, 4) is 11.5 Å². The summed E-state index contributed by atoms with van der Waals surface area (Å²) in [7, 11) is 3.20. The first-order valence-corrected chi connectivity index (χ1v) is 8.77. The van der Waals surface area contributed by atoms with Crippen molar-refractivity contribution < 1.29 is 13.9 Å². The molecule has 2 aromatic heterocycles. The van der Waals surface area contributed by atoms with Crippen LogP contribution in [0.1, 0.15) is 5.76 Å². The van der Waals surface area contributed by atoms with Crippen LogP contribution in [-0.2, 0) is 6.67 Å². The van der Waals surface area contributed by atoms with Crippen molar-refractivity contribution in [2.24, 2.45) is 4.99 Å². The fraction of sp³-hybridized carbons (Fsp3) is 0.222. The van der Waals surface area contributed by atoms with Gasteiger partial charge in [0.25, 0.3) is 5.56 Å². The number of hydrogen-bond acceptors (Lipinski definition) is 7. The molecule has 1 aliphatic heterocycles. The van der Waals surface area contributed by atoms with Crippen molar-refractivity contribution in [3.63, 3.8) is 0 Å². The Balaban J connectivity index is 1.69. The number of aromatic nitrogens is 1. The number of benzene rings is 1. The zero-order valence-electron chi connectivity index (χ0n) is 14.3. The molecule has 0 aliphatic carbocycles. The molecule has 0 amide bonds. The van der Waals surface area contributed by atoms with Gasteiger partial charge in [-0.3, -0.25) is 9.36 Å². The highest BCUT2D eigenvalue weighted by molar-refractivity contribution is 7.07. The first kappa shape index (κ1) is 16.5. The normalized spacial score (nSPS) is 14.1. The van der Waals surface area contributed by atoms with Crippen molar-refractivity contribution in [1.29, 1.82) is 0 Å². The van der Waals surface area contributed by atoms with Crippen LogP contribution in [0.5, 0.6) is 11.5 Å². The van der Waals surface area contributed by atoms with E-state index in [9.17, 15) is 4.79 Å². The maximum Gasteiger partial charge on any atom is 0.271 e. The smallest absolute Gasteiger partial charge is 0.271 e. The fourth-order valence-corrected chi connectivity index (χ4v) is 3.74. The molecule has 0 saturated carbocycles. The molecule has 0 bridgehead atoms. The topological polar surface area (TPSA) is 69.2 Å².